The molecule has 0 atom stereocenters. The zero-order valence-electron chi connectivity index (χ0n) is 16.9. The van der Waals surface area contributed by atoms with Gasteiger partial charge in [0.2, 0.25) is 5.95 Å². The van der Waals surface area contributed by atoms with Gasteiger partial charge >= 0.3 is 0 Å². The first kappa shape index (κ1) is 20.1. The Balaban J connectivity index is 1.41. The van der Waals surface area contributed by atoms with Crippen LogP contribution in [0, 0.1) is 0 Å². The normalized spacial score (nSPS) is 13.0. The van der Waals surface area contributed by atoms with Crippen molar-refractivity contribution in [1.82, 2.24) is 15.0 Å². The van der Waals surface area contributed by atoms with E-state index in [2.05, 4.69) is 20.0 Å². The van der Waals surface area contributed by atoms with Crippen LogP contribution in [-0.2, 0) is 22.9 Å². The number of sulfonamides is 1. The van der Waals surface area contributed by atoms with Crippen molar-refractivity contribution in [1.29, 1.82) is 0 Å². The average Bonchev–Trinajstić information content (AvgIpc) is 3.26. The van der Waals surface area contributed by atoms with Crippen LogP contribution in [-0.4, -0.2) is 29.3 Å². The smallest absolute Gasteiger partial charge is 0.264 e. The molecule has 0 spiro atoms. The van der Waals surface area contributed by atoms with Crippen molar-refractivity contribution in [3.05, 3.63) is 83.8 Å². The van der Waals surface area contributed by atoms with E-state index in [0.717, 1.165) is 41.4 Å². The summed E-state index contributed by atoms with van der Waals surface area (Å²) in [4.78, 5) is 25.7. The van der Waals surface area contributed by atoms with Crippen LogP contribution < -0.4 is 10.0 Å². The maximum absolute atomic E-state index is 13.2. The third kappa shape index (κ3) is 3.78. The van der Waals surface area contributed by atoms with Gasteiger partial charge in [-0.3, -0.25) is 9.78 Å². The third-order valence-corrected chi connectivity index (χ3v) is 6.70. The molecule has 9 heteroatoms. The number of para-hydroxylation sites is 1. The Bertz CT molecular complexity index is 1420. The molecule has 2 aromatic heterocycles. The number of benzene rings is 2. The van der Waals surface area contributed by atoms with Crippen molar-refractivity contribution in [2.24, 2.45) is 0 Å². The monoisotopic (exact) mass is 445 g/mol. The van der Waals surface area contributed by atoms with Crippen LogP contribution in [0.5, 0.6) is 0 Å². The SMILES string of the molecule is O=C(Nc1ccc(S(=O)(=O)Nc2ncccn2)cc1)c1c2c(nc3ccccc13)CCC2. The molecule has 2 heterocycles. The third-order valence-electron chi connectivity index (χ3n) is 5.36. The van der Waals surface area contributed by atoms with Crippen molar-refractivity contribution in [2.45, 2.75) is 24.2 Å². The molecular formula is C23H19N5O3S. The first-order valence-electron chi connectivity index (χ1n) is 10.1. The highest BCUT2D eigenvalue weighted by Gasteiger charge is 2.24. The number of aromatic nitrogens is 3. The summed E-state index contributed by atoms with van der Waals surface area (Å²) in [6.45, 7) is 0. The number of amides is 1. The van der Waals surface area contributed by atoms with Gasteiger partial charge in [0.05, 0.1) is 16.0 Å². The highest BCUT2D eigenvalue weighted by atomic mass is 32.2. The Kier molecular flexibility index (Phi) is 5.02. The van der Waals surface area contributed by atoms with Crippen LogP contribution in [0.3, 0.4) is 0 Å². The van der Waals surface area contributed by atoms with Crippen LogP contribution >= 0.6 is 0 Å². The quantitative estimate of drug-likeness (QED) is 0.485. The Morgan fingerprint density at radius 2 is 1.66 bits per heavy atom. The zero-order valence-corrected chi connectivity index (χ0v) is 17.8. The number of hydrogen-bond acceptors (Lipinski definition) is 6. The molecule has 2 aromatic carbocycles. The molecule has 1 aliphatic carbocycles. The first-order chi connectivity index (χ1) is 15.5. The van der Waals surface area contributed by atoms with E-state index in [1.54, 1.807) is 18.2 Å². The lowest BCUT2D eigenvalue weighted by Crippen LogP contribution is -2.17. The summed E-state index contributed by atoms with van der Waals surface area (Å²) < 4.78 is 27.4. The molecule has 2 N–H and O–H groups in total. The fourth-order valence-corrected chi connectivity index (χ4v) is 4.87. The second-order valence-corrected chi connectivity index (χ2v) is 9.12. The van der Waals surface area contributed by atoms with E-state index in [4.69, 9.17) is 4.98 Å². The van der Waals surface area contributed by atoms with Gasteiger partial charge in [0.15, 0.2) is 0 Å². The number of nitrogens with zero attached hydrogens (tertiary/aromatic N) is 3. The predicted molar refractivity (Wildman–Crippen MR) is 121 cm³/mol. The summed E-state index contributed by atoms with van der Waals surface area (Å²) in [5, 5.41) is 3.72. The van der Waals surface area contributed by atoms with Gasteiger partial charge in [0.25, 0.3) is 15.9 Å². The highest BCUT2D eigenvalue weighted by molar-refractivity contribution is 7.92. The van der Waals surface area contributed by atoms with E-state index in [0.29, 0.717) is 11.3 Å². The number of hydrogen-bond donors (Lipinski definition) is 2. The summed E-state index contributed by atoms with van der Waals surface area (Å²) in [7, 11) is -3.84. The van der Waals surface area contributed by atoms with Crippen LogP contribution in [0.2, 0.25) is 0 Å². The van der Waals surface area contributed by atoms with Gasteiger partial charge in [-0.1, -0.05) is 18.2 Å². The minimum Gasteiger partial charge on any atom is -0.322 e. The molecule has 32 heavy (non-hydrogen) atoms. The van der Waals surface area contributed by atoms with Gasteiger partial charge in [0.1, 0.15) is 0 Å². The van der Waals surface area contributed by atoms with Gasteiger partial charge in [-0.05, 0) is 61.2 Å². The molecule has 0 aliphatic heterocycles. The number of carbonyl (C=O) groups excluding carboxylic acids is 1. The Labute approximate surface area is 184 Å². The van der Waals surface area contributed by atoms with Crippen LogP contribution in [0.15, 0.2) is 71.9 Å². The Morgan fingerprint density at radius 3 is 2.44 bits per heavy atom. The van der Waals surface area contributed by atoms with E-state index >= 15 is 0 Å². The van der Waals surface area contributed by atoms with E-state index in [1.807, 2.05) is 24.3 Å². The Hall–Kier alpha value is -3.85. The molecule has 0 bridgehead atoms. The van der Waals surface area contributed by atoms with Crippen molar-refractivity contribution in [3.8, 4) is 0 Å². The summed E-state index contributed by atoms with van der Waals surface area (Å²) >= 11 is 0. The fourth-order valence-electron chi connectivity index (χ4n) is 3.91. The summed E-state index contributed by atoms with van der Waals surface area (Å²) in [6.07, 6.45) is 5.56. The lowest BCUT2D eigenvalue weighted by Gasteiger charge is -2.13. The molecule has 0 saturated heterocycles. The number of carbonyl (C=O) groups is 1. The Morgan fingerprint density at radius 1 is 0.906 bits per heavy atom. The molecule has 0 radical (unpaired) electrons. The van der Waals surface area contributed by atoms with Gasteiger partial charge < -0.3 is 5.32 Å². The van der Waals surface area contributed by atoms with Gasteiger partial charge in [0, 0.05) is 29.2 Å². The number of nitrogens with one attached hydrogen (secondary N) is 2. The molecule has 0 saturated carbocycles. The largest absolute Gasteiger partial charge is 0.322 e. The molecule has 4 aromatic rings. The van der Waals surface area contributed by atoms with E-state index < -0.39 is 10.0 Å². The second-order valence-electron chi connectivity index (χ2n) is 7.44. The number of rotatable bonds is 5. The second kappa shape index (κ2) is 8.01. The van der Waals surface area contributed by atoms with Crippen molar-refractivity contribution < 1.29 is 13.2 Å². The number of pyridine rings is 1. The lowest BCUT2D eigenvalue weighted by atomic mass is 10.0. The molecule has 160 valence electrons. The fraction of sp³-hybridized carbons (Fsp3) is 0.130. The summed E-state index contributed by atoms with van der Waals surface area (Å²) in [6, 6.07) is 15.2. The van der Waals surface area contributed by atoms with Crippen LogP contribution in [0.4, 0.5) is 11.6 Å². The van der Waals surface area contributed by atoms with Crippen LogP contribution in [0.1, 0.15) is 28.0 Å². The van der Waals surface area contributed by atoms with E-state index in [-0.39, 0.29) is 16.8 Å². The predicted octanol–water partition coefficient (Wildman–Crippen LogP) is 3.57. The van der Waals surface area contributed by atoms with Gasteiger partial charge in [-0.2, -0.15) is 0 Å². The zero-order chi connectivity index (χ0) is 22.1. The maximum Gasteiger partial charge on any atom is 0.264 e. The first-order valence-corrected chi connectivity index (χ1v) is 11.6. The minimum atomic E-state index is -3.84. The summed E-state index contributed by atoms with van der Waals surface area (Å²) in [5.74, 6) is -0.239. The topological polar surface area (TPSA) is 114 Å². The molecule has 1 aliphatic rings. The van der Waals surface area contributed by atoms with E-state index in [9.17, 15) is 13.2 Å². The van der Waals surface area contributed by atoms with Gasteiger partial charge in [-0.15, -0.1) is 0 Å². The molecule has 8 nitrogen and oxygen atoms in total. The van der Waals surface area contributed by atoms with Crippen molar-refractivity contribution in [3.63, 3.8) is 0 Å². The molecule has 5 rings (SSSR count). The molecular weight excluding hydrogens is 426 g/mol. The minimum absolute atomic E-state index is 0.0108. The maximum atomic E-state index is 13.2. The van der Waals surface area contributed by atoms with Crippen molar-refractivity contribution >= 4 is 38.5 Å². The average molecular weight is 446 g/mol. The molecule has 1 amide bonds. The number of fused-ring (bicyclic) bond motifs is 2. The number of anilines is 2. The van der Waals surface area contributed by atoms with Crippen LogP contribution in [0.25, 0.3) is 10.9 Å². The highest BCUT2D eigenvalue weighted by Crippen LogP contribution is 2.30. The number of aryl methyl sites for hydroxylation is 1. The lowest BCUT2D eigenvalue weighted by molar-refractivity contribution is 0.102. The van der Waals surface area contributed by atoms with Gasteiger partial charge in [-0.25, -0.2) is 23.1 Å². The molecule has 0 unspecified atom stereocenters. The molecule has 0 fully saturated rings. The van der Waals surface area contributed by atoms with E-state index in [1.165, 1.54) is 24.5 Å². The summed E-state index contributed by atoms with van der Waals surface area (Å²) in [5.41, 5.74) is 3.91. The van der Waals surface area contributed by atoms with Crippen molar-refractivity contribution in [2.75, 3.05) is 10.0 Å². The standard InChI is InChI=1S/C23H19N5O3S/c29-22(21-17-5-1-2-7-19(17)27-20-8-3-6-18(20)21)26-15-9-11-16(12-10-15)32(30,31)28-23-24-13-4-14-25-23/h1-2,4-5,7,9-14H,3,6,8H2,(H,26,29)(H,24,25,28).